The summed E-state index contributed by atoms with van der Waals surface area (Å²) in [7, 11) is 0. The molecule has 1 unspecified atom stereocenters. The van der Waals surface area contributed by atoms with E-state index in [2.05, 4.69) is 10.9 Å². The summed E-state index contributed by atoms with van der Waals surface area (Å²) in [6.07, 6.45) is 5.04. The number of hydrazine groups is 1. The number of para-hydroxylation sites is 2. The third kappa shape index (κ3) is 4.33. The number of carbonyl (C=O) groups excluding carboxylic acids is 3. The second kappa shape index (κ2) is 8.87. The maximum absolute atomic E-state index is 12.5. The Morgan fingerprint density at radius 1 is 1.17 bits per heavy atom. The van der Waals surface area contributed by atoms with Gasteiger partial charge in [0.15, 0.2) is 6.10 Å². The summed E-state index contributed by atoms with van der Waals surface area (Å²) >= 11 is 1.51. The van der Waals surface area contributed by atoms with Gasteiger partial charge >= 0.3 is 0 Å². The maximum atomic E-state index is 12.5. The summed E-state index contributed by atoms with van der Waals surface area (Å²) in [5.41, 5.74) is 6.86. The topological polar surface area (TPSA) is 87.7 Å². The first-order valence-electron chi connectivity index (χ1n) is 10.3. The summed E-state index contributed by atoms with van der Waals surface area (Å²) < 4.78 is 5.60. The summed E-state index contributed by atoms with van der Waals surface area (Å²) in [4.78, 5) is 40.6. The van der Waals surface area contributed by atoms with E-state index in [-0.39, 0.29) is 30.7 Å². The van der Waals surface area contributed by atoms with Gasteiger partial charge in [0.2, 0.25) is 5.91 Å². The molecule has 1 aliphatic heterocycles. The molecule has 1 aromatic heterocycles. The fourth-order valence-electron chi connectivity index (χ4n) is 3.83. The second-order valence-electron chi connectivity index (χ2n) is 7.59. The Hall–Kier alpha value is -2.87. The predicted octanol–water partition coefficient (Wildman–Crippen LogP) is 2.98. The molecule has 158 valence electrons. The monoisotopic (exact) mass is 427 g/mol. The molecule has 2 aromatic rings. The quantitative estimate of drug-likeness (QED) is 0.580. The van der Waals surface area contributed by atoms with Crippen LogP contribution >= 0.6 is 11.3 Å². The lowest BCUT2D eigenvalue weighted by Gasteiger charge is -2.32. The van der Waals surface area contributed by atoms with E-state index in [1.807, 2.05) is 18.2 Å². The number of hydrogen-bond acceptors (Lipinski definition) is 5. The number of nitrogens with one attached hydrogen (secondary N) is 2. The van der Waals surface area contributed by atoms with Gasteiger partial charge in [0, 0.05) is 17.8 Å². The Morgan fingerprint density at radius 3 is 2.83 bits per heavy atom. The van der Waals surface area contributed by atoms with E-state index < -0.39 is 6.10 Å². The molecule has 2 N–H and O–H groups in total. The van der Waals surface area contributed by atoms with Gasteiger partial charge in [0.1, 0.15) is 5.75 Å². The van der Waals surface area contributed by atoms with Crippen LogP contribution in [0.2, 0.25) is 0 Å². The van der Waals surface area contributed by atoms with Crippen molar-refractivity contribution in [3.05, 3.63) is 45.6 Å². The largest absolute Gasteiger partial charge is 0.479 e. The van der Waals surface area contributed by atoms with Crippen LogP contribution in [0, 0.1) is 0 Å². The van der Waals surface area contributed by atoms with E-state index in [4.69, 9.17) is 4.74 Å². The summed E-state index contributed by atoms with van der Waals surface area (Å²) in [6, 6.07) is 9.19. The van der Waals surface area contributed by atoms with Crippen LogP contribution in [0.5, 0.6) is 5.75 Å². The number of nitrogens with zero attached hydrogens (tertiary/aromatic N) is 1. The summed E-state index contributed by atoms with van der Waals surface area (Å²) in [5.74, 6) is -0.227. The molecule has 0 spiro atoms. The van der Waals surface area contributed by atoms with E-state index in [0.29, 0.717) is 16.3 Å². The number of benzene rings is 1. The standard InChI is InChI=1S/C22H25N3O4S/c1-14-22(28)25(16-8-5-6-9-17(16)29-14)12-11-20(26)23-24-21(27)19-13-15-7-3-2-4-10-18(15)30-19/h5-6,8-9,13-14H,2-4,7,10-12H2,1H3,(H,23,26)(H,24,27). The molecule has 3 amide bonds. The van der Waals surface area contributed by atoms with E-state index >= 15 is 0 Å². The number of amides is 3. The second-order valence-corrected chi connectivity index (χ2v) is 8.73. The molecule has 30 heavy (non-hydrogen) atoms. The Kier molecular flexibility index (Phi) is 6.03. The zero-order valence-corrected chi connectivity index (χ0v) is 17.7. The van der Waals surface area contributed by atoms with Gasteiger partial charge in [0.05, 0.1) is 10.6 Å². The van der Waals surface area contributed by atoms with E-state index in [9.17, 15) is 14.4 Å². The molecule has 1 aromatic carbocycles. The van der Waals surface area contributed by atoms with Crippen molar-refractivity contribution in [1.29, 1.82) is 0 Å². The molecule has 0 saturated heterocycles. The van der Waals surface area contributed by atoms with Crippen molar-refractivity contribution in [3.8, 4) is 5.75 Å². The molecule has 1 atom stereocenters. The van der Waals surface area contributed by atoms with Gasteiger partial charge < -0.3 is 9.64 Å². The Bertz CT molecular complexity index is 948. The highest BCUT2D eigenvalue weighted by molar-refractivity contribution is 7.14. The molecule has 0 bridgehead atoms. The predicted molar refractivity (Wildman–Crippen MR) is 115 cm³/mol. The summed E-state index contributed by atoms with van der Waals surface area (Å²) in [6.45, 7) is 1.90. The van der Waals surface area contributed by atoms with Gasteiger partial charge in [-0.2, -0.15) is 0 Å². The minimum atomic E-state index is -0.600. The van der Waals surface area contributed by atoms with Crippen molar-refractivity contribution in [2.75, 3.05) is 11.4 Å². The van der Waals surface area contributed by atoms with Crippen molar-refractivity contribution >= 4 is 34.7 Å². The van der Waals surface area contributed by atoms with E-state index in [1.165, 1.54) is 28.2 Å². The normalized spacial score (nSPS) is 18.0. The zero-order valence-electron chi connectivity index (χ0n) is 16.9. The highest BCUT2D eigenvalue weighted by Crippen LogP contribution is 2.33. The average Bonchev–Trinajstić information content (AvgIpc) is 3.03. The molecular formula is C22H25N3O4S. The van der Waals surface area contributed by atoms with Gasteiger partial charge in [-0.25, -0.2) is 0 Å². The molecule has 0 radical (unpaired) electrons. The van der Waals surface area contributed by atoms with Crippen molar-refractivity contribution in [3.63, 3.8) is 0 Å². The number of anilines is 1. The van der Waals surface area contributed by atoms with E-state index in [0.717, 1.165) is 25.7 Å². The van der Waals surface area contributed by atoms with Crippen molar-refractivity contribution in [2.45, 2.75) is 51.6 Å². The van der Waals surface area contributed by atoms with Crippen LogP contribution in [0.1, 0.15) is 52.7 Å². The lowest BCUT2D eigenvalue weighted by molar-refractivity contribution is -0.125. The number of carbonyl (C=O) groups is 3. The van der Waals surface area contributed by atoms with Gasteiger partial charge in [-0.05, 0) is 56.4 Å². The van der Waals surface area contributed by atoms with Crippen LogP contribution in [0.15, 0.2) is 30.3 Å². The fourth-order valence-corrected chi connectivity index (χ4v) is 4.98. The third-order valence-electron chi connectivity index (χ3n) is 5.42. The molecule has 2 heterocycles. The number of fused-ring (bicyclic) bond motifs is 2. The molecule has 4 rings (SSSR count). The first-order valence-corrected chi connectivity index (χ1v) is 11.1. The molecule has 0 fully saturated rings. The van der Waals surface area contributed by atoms with Crippen LogP contribution in [0.4, 0.5) is 5.69 Å². The minimum Gasteiger partial charge on any atom is -0.479 e. The number of thiophene rings is 1. The smallest absolute Gasteiger partial charge is 0.279 e. The van der Waals surface area contributed by atoms with Crippen LogP contribution in [-0.4, -0.2) is 30.4 Å². The number of ether oxygens (including phenoxy) is 1. The van der Waals surface area contributed by atoms with Gasteiger partial charge in [-0.1, -0.05) is 18.6 Å². The van der Waals surface area contributed by atoms with Crippen LogP contribution < -0.4 is 20.5 Å². The van der Waals surface area contributed by atoms with Crippen LogP contribution in [0.25, 0.3) is 0 Å². The fraction of sp³-hybridized carbons (Fsp3) is 0.409. The highest BCUT2D eigenvalue weighted by atomic mass is 32.1. The van der Waals surface area contributed by atoms with Gasteiger partial charge in [0.25, 0.3) is 11.8 Å². The SMILES string of the molecule is CC1Oc2ccccc2N(CCC(=O)NNC(=O)c2cc3c(s2)CCCCC3)C1=O. The Balaban J connectivity index is 1.31. The molecular weight excluding hydrogens is 402 g/mol. The lowest BCUT2D eigenvalue weighted by Crippen LogP contribution is -2.47. The van der Waals surface area contributed by atoms with Gasteiger partial charge in [-0.15, -0.1) is 11.3 Å². The first kappa shape index (κ1) is 20.4. The number of hydrogen-bond donors (Lipinski definition) is 2. The summed E-state index contributed by atoms with van der Waals surface area (Å²) in [5, 5.41) is 0. The maximum Gasteiger partial charge on any atom is 0.279 e. The highest BCUT2D eigenvalue weighted by Gasteiger charge is 2.31. The first-order chi connectivity index (χ1) is 14.5. The van der Waals surface area contributed by atoms with Crippen molar-refractivity contribution in [1.82, 2.24) is 10.9 Å². The molecule has 0 saturated carbocycles. The average molecular weight is 428 g/mol. The van der Waals surface area contributed by atoms with Crippen LogP contribution in [-0.2, 0) is 22.4 Å². The molecule has 1 aliphatic carbocycles. The minimum absolute atomic E-state index is 0.0635. The molecule has 7 nitrogen and oxygen atoms in total. The Labute approximate surface area is 179 Å². The van der Waals surface area contributed by atoms with Crippen LogP contribution in [0.3, 0.4) is 0 Å². The Morgan fingerprint density at radius 2 is 1.97 bits per heavy atom. The van der Waals surface area contributed by atoms with E-state index in [1.54, 1.807) is 24.0 Å². The molecule has 8 heteroatoms. The lowest BCUT2D eigenvalue weighted by atomic mass is 10.1. The third-order valence-corrected chi connectivity index (χ3v) is 6.66. The van der Waals surface area contributed by atoms with Gasteiger partial charge in [-0.3, -0.25) is 25.2 Å². The molecule has 2 aliphatic rings. The van der Waals surface area contributed by atoms with Crippen molar-refractivity contribution < 1.29 is 19.1 Å². The number of aryl methyl sites for hydroxylation is 2. The number of rotatable bonds is 4. The van der Waals surface area contributed by atoms with Crippen molar-refractivity contribution in [2.24, 2.45) is 0 Å². The zero-order chi connectivity index (χ0) is 21.1.